The summed E-state index contributed by atoms with van der Waals surface area (Å²) < 4.78 is 0. The van der Waals surface area contributed by atoms with Crippen molar-refractivity contribution in [2.75, 3.05) is 29.9 Å². The number of para-hydroxylation sites is 2. The molecular weight excluding hydrogens is 208 g/mol. The highest BCUT2D eigenvalue weighted by molar-refractivity contribution is 5.70. The Morgan fingerprint density at radius 2 is 1.76 bits per heavy atom. The maximum Gasteiger partial charge on any atom is 0.0602 e. The normalized spacial score (nSPS) is 16.3. The highest BCUT2D eigenvalue weighted by atomic mass is 15.2. The summed E-state index contributed by atoms with van der Waals surface area (Å²) in [6.07, 6.45) is 2.65. The first-order valence-electron chi connectivity index (χ1n) is 6.64. The van der Waals surface area contributed by atoms with Crippen LogP contribution in [0.4, 0.5) is 11.4 Å². The Labute approximate surface area is 105 Å². The molecule has 1 fully saturated rings. The Balaban J connectivity index is 2.10. The van der Waals surface area contributed by atoms with Crippen molar-refractivity contribution >= 4 is 11.4 Å². The average Bonchev–Trinajstić information content (AvgIpc) is 2.79. The van der Waals surface area contributed by atoms with E-state index >= 15 is 0 Å². The van der Waals surface area contributed by atoms with E-state index in [1.54, 1.807) is 0 Å². The van der Waals surface area contributed by atoms with Gasteiger partial charge in [-0.1, -0.05) is 32.9 Å². The standard InChI is InChI=1S/C15H24N2/c1-15(2,3)12-16-13-8-4-5-9-14(13)17-10-6-7-11-17/h4-5,8-9,16H,6-7,10-12H2,1-3H3. The van der Waals surface area contributed by atoms with Crippen molar-refractivity contribution < 1.29 is 0 Å². The molecule has 1 N–H and O–H groups in total. The van der Waals surface area contributed by atoms with Crippen molar-refractivity contribution in [1.29, 1.82) is 0 Å². The van der Waals surface area contributed by atoms with Gasteiger partial charge < -0.3 is 10.2 Å². The van der Waals surface area contributed by atoms with Crippen molar-refractivity contribution in [2.45, 2.75) is 33.6 Å². The van der Waals surface area contributed by atoms with Gasteiger partial charge in [-0.3, -0.25) is 0 Å². The number of benzene rings is 1. The molecule has 2 heteroatoms. The van der Waals surface area contributed by atoms with Gasteiger partial charge in [-0.2, -0.15) is 0 Å². The molecule has 17 heavy (non-hydrogen) atoms. The minimum absolute atomic E-state index is 0.318. The molecule has 1 saturated heterocycles. The van der Waals surface area contributed by atoms with Gasteiger partial charge in [-0.25, -0.2) is 0 Å². The topological polar surface area (TPSA) is 15.3 Å². The zero-order chi connectivity index (χ0) is 12.3. The molecule has 0 bridgehead atoms. The maximum absolute atomic E-state index is 3.59. The second kappa shape index (κ2) is 4.99. The van der Waals surface area contributed by atoms with Crippen LogP contribution in [0.15, 0.2) is 24.3 Å². The van der Waals surface area contributed by atoms with E-state index in [0.717, 1.165) is 6.54 Å². The smallest absolute Gasteiger partial charge is 0.0602 e. The summed E-state index contributed by atoms with van der Waals surface area (Å²) >= 11 is 0. The van der Waals surface area contributed by atoms with Crippen LogP contribution in [0.5, 0.6) is 0 Å². The molecule has 2 nitrogen and oxygen atoms in total. The maximum atomic E-state index is 3.59. The Hall–Kier alpha value is -1.18. The quantitative estimate of drug-likeness (QED) is 0.854. The van der Waals surface area contributed by atoms with Crippen molar-refractivity contribution in [1.82, 2.24) is 0 Å². The minimum Gasteiger partial charge on any atom is -0.383 e. The summed E-state index contributed by atoms with van der Waals surface area (Å²) in [5.74, 6) is 0. The Morgan fingerprint density at radius 3 is 2.41 bits per heavy atom. The van der Waals surface area contributed by atoms with E-state index in [1.807, 2.05) is 0 Å². The molecule has 0 atom stereocenters. The van der Waals surface area contributed by atoms with Crippen LogP contribution in [0.25, 0.3) is 0 Å². The van der Waals surface area contributed by atoms with Gasteiger partial charge in [0.2, 0.25) is 0 Å². The van der Waals surface area contributed by atoms with Crippen LogP contribution in [0.1, 0.15) is 33.6 Å². The lowest BCUT2D eigenvalue weighted by Gasteiger charge is -2.25. The summed E-state index contributed by atoms with van der Waals surface area (Å²) in [7, 11) is 0. The number of hydrogen-bond acceptors (Lipinski definition) is 2. The molecule has 0 amide bonds. The predicted molar refractivity (Wildman–Crippen MR) is 75.8 cm³/mol. The van der Waals surface area contributed by atoms with E-state index < -0.39 is 0 Å². The zero-order valence-electron chi connectivity index (χ0n) is 11.3. The first kappa shape index (κ1) is 12.3. The molecule has 0 saturated carbocycles. The Morgan fingerprint density at radius 1 is 1.12 bits per heavy atom. The molecule has 1 aromatic rings. The lowest BCUT2D eigenvalue weighted by Crippen LogP contribution is -2.23. The second-order valence-electron chi connectivity index (χ2n) is 6.13. The van der Waals surface area contributed by atoms with E-state index in [2.05, 4.69) is 55.3 Å². The van der Waals surface area contributed by atoms with Crippen molar-refractivity contribution in [3.8, 4) is 0 Å². The number of nitrogens with one attached hydrogen (secondary N) is 1. The van der Waals surface area contributed by atoms with Crippen LogP contribution in [0, 0.1) is 5.41 Å². The molecule has 1 heterocycles. The van der Waals surface area contributed by atoms with Gasteiger partial charge in [-0.05, 0) is 30.4 Å². The van der Waals surface area contributed by atoms with Gasteiger partial charge in [0.05, 0.1) is 11.4 Å². The molecule has 2 rings (SSSR count). The molecule has 94 valence electrons. The van der Waals surface area contributed by atoms with Gasteiger partial charge in [0, 0.05) is 19.6 Å². The van der Waals surface area contributed by atoms with Crippen molar-refractivity contribution in [3.05, 3.63) is 24.3 Å². The summed E-state index contributed by atoms with van der Waals surface area (Å²) in [6, 6.07) is 8.68. The van der Waals surface area contributed by atoms with E-state index in [0.29, 0.717) is 5.41 Å². The fourth-order valence-electron chi connectivity index (χ4n) is 2.22. The third-order valence-corrected chi connectivity index (χ3v) is 3.16. The fraction of sp³-hybridized carbons (Fsp3) is 0.600. The number of rotatable bonds is 3. The number of nitrogens with zero attached hydrogens (tertiary/aromatic N) is 1. The van der Waals surface area contributed by atoms with E-state index in [-0.39, 0.29) is 0 Å². The molecule has 1 aromatic carbocycles. The Bertz CT molecular complexity index is 359. The lowest BCUT2D eigenvalue weighted by atomic mass is 9.97. The van der Waals surface area contributed by atoms with Crippen LogP contribution in [0.3, 0.4) is 0 Å². The molecule has 0 spiro atoms. The van der Waals surface area contributed by atoms with Gasteiger partial charge in [0.25, 0.3) is 0 Å². The van der Waals surface area contributed by atoms with Crippen LogP contribution >= 0.6 is 0 Å². The summed E-state index contributed by atoms with van der Waals surface area (Å²) in [5, 5.41) is 3.59. The molecule has 1 aliphatic rings. The molecule has 1 aliphatic heterocycles. The number of hydrogen-bond donors (Lipinski definition) is 1. The lowest BCUT2D eigenvalue weighted by molar-refractivity contribution is 0.443. The molecular formula is C15H24N2. The summed E-state index contributed by atoms with van der Waals surface area (Å²) in [5.41, 5.74) is 2.97. The highest BCUT2D eigenvalue weighted by Crippen LogP contribution is 2.29. The SMILES string of the molecule is CC(C)(C)CNc1ccccc1N1CCCC1. The molecule has 0 radical (unpaired) electrons. The van der Waals surface area contributed by atoms with E-state index in [1.165, 1.54) is 37.3 Å². The van der Waals surface area contributed by atoms with E-state index in [9.17, 15) is 0 Å². The van der Waals surface area contributed by atoms with E-state index in [4.69, 9.17) is 0 Å². The second-order valence-corrected chi connectivity index (χ2v) is 6.13. The molecule has 0 unspecified atom stereocenters. The molecule has 0 aromatic heterocycles. The first-order chi connectivity index (χ1) is 8.06. The van der Waals surface area contributed by atoms with Gasteiger partial charge in [-0.15, -0.1) is 0 Å². The number of anilines is 2. The average molecular weight is 232 g/mol. The third kappa shape index (κ3) is 3.39. The zero-order valence-corrected chi connectivity index (χ0v) is 11.3. The first-order valence-corrected chi connectivity index (χ1v) is 6.64. The van der Waals surface area contributed by atoms with Crippen LogP contribution in [0.2, 0.25) is 0 Å². The van der Waals surface area contributed by atoms with Crippen LogP contribution < -0.4 is 10.2 Å². The van der Waals surface area contributed by atoms with Crippen molar-refractivity contribution in [3.63, 3.8) is 0 Å². The van der Waals surface area contributed by atoms with Crippen molar-refractivity contribution in [2.24, 2.45) is 5.41 Å². The summed E-state index contributed by atoms with van der Waals surface area (Å²) in [6.45, 7) is 10.2. The largest absolute Gasteiger partial charge is 0.383 e. The summed E-state index contributed by atoms with van der Waals surface area (Å²) in [4.78, 5) is 2.49. The highest BCUT2D eigenvalue weighted by Gasteiger charge is 2.16. The van der Waals surface area contributed by atoms with Crippen LogP contribution in [-0.2, 0) is 0 Å². The Kier molecular flexibility index (Phi) is 3.60. The van der Waals surface area contributed by atoms with Crippen LogP contribution in [-0.4, -0.2) is 19.6 Å². The molecule has 0 aliphatic carbocycles. The third-order valence-electron chi connectivity index (χ3n) is 3.16. The minimum atomic E-state index is 0.318. The van der Waals surface area contributed by atoms with Gasteiger partial charge in [0.1, 0.15) is 0 Å². The van der Waals surface area contributed by atoms with Gasteiger partial charge in [0.15, 0.2) is 0 Å². The van der Waals surface area contributed by atoms with Gasteiger partial charge >= 0.3 is 0 Å². The monoisotopic (exact) mass is 232 g/mol. The fourth-order valence-corrected chi connectivity index (χ4v) is 2.22. The predicted octanol–water partition coefficient (Wildman–Crippen LogP) is 3.74.